The maximum absolute atomic E-state index is 13.4. The van der Waals surface area contributed by atoms with Crippen LogP contribution >= 0.6 is 0 Å². The Balaban J connectivity index is 1.84. The molecule has 3 nitrogen and oxygen atoms in total. The molecule has 1 unspecified atom stereocenters. The van der Waals surface area contributed by atoms with Crippen molar-refractivity contribution in [3.05, 3.63) is 65.5 Å². The topological polar surface area (TPSA) is 38.3 Å². The lowest BCUT2D eigenvalue weighted by atomic mass is 10.0. The number of nitrogens with one attached hydrogen (secondary N) is 1. The van der Waals surface area contributed by atoms with Gasteiger partial charge in [-0.25, -0.2) is 4.39 Å². The van der Waals surface area contributed by atoms with Crippen molar-refractivity contribution in [1.29, 1.82) is 0 Å². The molecule has 3 rings (SSSR count). The molecular formula is C18H18FNO2. The first kappa shape index (κ1) is 14.6. The van der Waals surface area contributed by atoms with E-state index in [0.717, 1.165) is 18.4 Å². The summed E-state index contributed by atoms with van der Waals surface area (Å²) in [5, 5.41) is 3.03. The summed E-state index contributed by atoms with van der Waals surface area (Å²) in [6, 6.07) is 13.8. The summed E-state index contributed by atoms with van der Waals surface area (Å²) in [5.74, 6) is 0.0677. The van der Waals surface area contributed by atoms with E-state index in [1.165, 1.54) is 25.3 Å². The van der Waals surface area contributed by atoms with E-state index in [-0.39, 0.29) is 17.5 Å². The minimum Gasteiger partial charge on any atom is -0.496 e. The molecule has 4 heteroatoms. The van der Waals surface area contributed by atoms with Crippen molar-refractivity contribution >= 4 is 5.91 Å². The Morgan fingerprint density at radius 3 is 2.59 bits per heavy atom. The van der Waals surface area contributed by atoms with Gasteiger partial charge in [0.1, 0.15) is 11.6 Å². The van der Waals surface area contributed by atoms with Crippen molar-refractivity contribution in [2.24, 2.45) is 5.92 Å². The molecule has 1 aliphatic carbocycles. The first-order valence-electron chi connectivity index (χ1n) is 7.38. The van der Waals surface area contributed by atoms with Crippen LogP contribution in [0.2, 0.25) is 0 Å². The number of rotatable bonds is 5. The molecule has 0 bridgehead atoms. The fraction of sp³-hybridized carbons (Fsp3) is 0.278. The van der Waals surface area contributed by atoms with E-state index in [0.29, 0.717) is 11.7 Å². The summed E-state index contributed by atoms with van der Waals surface area (Å²) in [6.45, 7) is 0. The number of ether oxygens (including phenoxy) is 1. The van der Waals surface area contributed by atoms with Gasteiger partial charge in [0.25, 0.3) is 5.91 Å². The molecule has 1 aliphatic rings. The Morgan fingerprint density at radius 2 is 1.95 bits per heavy atom. The Morgan fingerprint density at radius 1 is 1.23 bits per heavy atom. The van der Waals surface area contributed by atoms with Gasteiger partial charge in [-0.15, -0.1) is 0 Å². The SMILES string of the molecule is COc1ccc(F)cc1C(=O)NC(c1ccccc1)C1CC1. The molecule has 1 N–H and O–H groups in total. The van der Waals surface area contributed by atoms with Gasteiger partial charge in [0.15, 0.2) is 0 Å². The van der Waals surface area contributed by atoms with Crippen molar-refractivity contribution < 1.29 is 13.9 Å². The second kappa shape index (κ2) is 6.18. The van der Waals surface area contributed by atoms with Crippen LogP contribution in [0.15, 0.2) is 48.5 Å². The molecule has 2 aromatic rings. The lowest BCUT2D eigenvalue weighted by Crippen LogP contribution is -2.30. The summed E-state index contributed by atoms with van der Waals surface area (Å²) >= 11 is 0. The normalized spacial score (nSPS) is 15.2. The highest BCUT2D eigenvalue weighted by Crippen LogP contribution is 2.41. The van der Waals surface area contributed by atoms with Crippen LogP contribution in [-0.2, 0) is 0 Å². The van der Waals surface area contributed by atoms with Crippen LogP contribution in [0, 0.1) is 11.7 Å². The Kier molecular flexibility index (Phi) is 4.09. The first-order chi connectivity index (χ1) is 10.7. The number of carbonyl (C=O) groups excluding carboxylic acids is 1. The van der Waals surface area contributed by atoms with Crippen molar-refractivity contribution in [1.82, 2.24) is 5.32 Å². The van der Waals surface area contributed by atoms with Gasteiger partial charge in [-0.05, 0) is 42.5 Å². The number of hydrogen-bond donors (Lipinski definition) is 1. The molecule has 0 saturated heterocycles. The molecule has 0 radical (unpaired) electrons. The number of carbonyl (C=O) groups is 1. The molecule has 0 aromatic heterocycles. The predicted molar refractivity (Wildman–Crippen MR) is 82.3 cm³/mol. The van der Waals surface area contributed by atoms with Crippen molar-refractivity contribution in [2.45, 2.75) is 18.9 Å². The summed E-state index contributed by atoms with van der Waals surface area (Å²) in [4.78, 5) is 12.5. The quantitative estimate of drug-likeness (QED) is 0.914. The molecule has 0 aliphatic heterocycles. The zero-order valence-corrected chi connectivity index (χ0v) is 12.4. The molecule has 0 spiro atoms. The third-order valence-corrected chi connectivity index (χ3v) is 3.94. The summed E-state index contributed by atoms with van der Waals surface area (Å²) < 4.78 is 18.6. The van der Waals surface area contributed by atoms with Crippen LogP contribution < -0.4 is 10.1 Å². The average molecular weight is 299 g/mol. The smallest absolute Gasteiger partial charge is 0.255 e. The lowest BCUT2D eigenvalue weighted by Gasteiger charge is -2.19. The van der Waals surface area contributed by atoms with Gasteiger partial charge in [0.2, 0.25) is 0 Å². The van der Waals surface area contributed by atoms with Crippen LogP contribution in [0.4, 0.5) is 4.39 Å². The van der Waals surface area contributed by atoms with E-state index < -0.39 is 5.82 Å². The fourth-order valence-corrected chi connectivity index (χ4v) is 2.64. The predicted octanol–water partition coefficient (Wildman–Crippen LogP) is 3.72. The Bertz CT molecular complexity index is 668. The maximum Gasteiger partial charge on any atom is 0.255 e. The fourth-order valence-electron chi connectivity index (χ4n) is 2.64. The highest BCUT2D eigenvalue weighted by atomic mass is 19.1. The van der Waals surface area contributed by atoms with E-state index in [4.69, 9.17) is 4.74 Å². The third-order valence-electron chi connectivity index (χ3n) is 3.94. The van der Waals surface area contributed by atoms with Crippen LogP contribution in [0.1, 0.15) is 34.8 Å². The van der Waals surface area contributed by atoms with Gasteiger partial charge in [-0.3, -0.25) is 4.79 Å². The maximum atomic E-state index is 13.4. The van der Waals surface area contributed by atoms with Crippen molar-refractivity contribution in [3.8, 4) is 5.75 Å². The second-order valence-corrected chi connectivity index (χ2v) is 5.54. The van der Waals surface area contributed by atoms with Crippen LogP contribution in [0.5, 0.6) is 5.75 Å². The Hall–Kier alpha value is -2.36. The van der Waals surface area contributed by atoms with E-state index in [1.54, 1.807) is 0 Å². The number of hydrogen-bond acceptors (Lipinski definition) is 2. The van der Waals surface area contributed by atoms with Gasteiger partial charge in [0, 0.05) is 0 Å². The molecule has 1 saturated carbocycles. The molecule has 114 valence electrons. The Labute approximate surface area is 129 Å². The van der Waals surface area contributed by atoms with Gasteiger partial charge < -0.3 is 10.1 Å². The summed E-state index contributed by atoms with van der Waals surface area (Å²) in [7, 11) is 1.47. The average Bonchev–Trinajstić information content (AvgIpc) is 3.38. The van der Waals surface area contributed by atoms with E-state index in [9.17, 15) is 9.18 Å². The number of benzene rings is 2. The lowest BCUT2D eigenvalue weighted by molar-refractivity contribution is 0.0928. The first-order valence-corrected chi connectivity index (χ1v) is 7.38. The number of methoxy groups -OCH3 is 1. The van der Waals surface area contributed by atoms with Crippen molar-refractivity contribution in [3.63, 3.8) is 0 Å². The molecule has 1 amide bonds. The molecular weight excluding hydrogens is 281 g/mol. The van der Waals surface area contributed by atoms with Crippen molar-refractivity contribution in [2.75, 3.05) is 7.11 Å². The minimum absolute atomic E-state index is 0.0401. The highest BCUT2D eigenvalue weighted by Gasteiger charge is 2.33. The van der Waals surface area contributed by atoms with Gasteiger partial charge in [-0.1, -0.05) is 30.3 Å². The van der Waals surface area contributed by atoms with Gasteiger partial charge in [-0.2, -0.15) is 0 Å². The van der Waals surface area contributed by atoms with Crippen LogP contribution in [0.25, 0.3) is 0 Å². The minimum atomic E-state index is -0.450. The summed E-state index contributed by atoms with van der Waals surface area (Å²) in [6.07, 6.45) is 2.19. The molecule has 1 fully saturated rings. The zero-order chi connectivity index (χ0) is 15.5. The number of halogens is 1. The van der Waals surface area contributed by atoms with E-state index in [1.807, 2.05) is 30.3 Å². The summed E-state index contributed by atoms with van der Waals surface area (Å²) in [5.41, 5.74) is 1.30. The van der Waals surface area contributed by atoms with Crippen LogP contribution in [0.3, 0.4) is 0 Å². The highest BCUT2D eigenvalue weighted by molar-refractivity contribution is 5.97. The molecule has 1 atom stereocenters. The number of amides is 1. The molecule has 22 heavy (non-hydrogen) atoms. The van der Waals surface area contributed by atoms with E-state index >= 15 is 0 Å². The van der Waals surface area contributed by atoms with Gasteiger partial charge >= 0.3 is 0 Å². The van der Waals surface area contributed by atoms with E-state index in [2.05, 4.69) is 5.32 Å². The molecule has 2 aromatic carbocycles. The third kappa shape index (κ3) is 3.11. The monoisotopic (exact) mass is 299 g/mol. The van der Waals surface area contributed by atoms with Gasteiger partial charge in [0.05, 0.1) is 18.7 Å². The zero-order valence-electron chi connectivity index (χ0n) is 12.4. The largest absolute Gasteiger partial charge is 0.496 e. The van der Waals surface area contributed by atoms with Crippen LogP contribution in [-0.4, -0.2) is 13.0 Å². The second-order valence-electron chi connectivity index (χ2n) is 5.54. The standard InChI is InChI=1S/C18H18FNO2/c1-22-16-10-9-14(19)11-15(16)18(21)20-17(13-7-8-13)12-5-3-2-4-6-12/h2-6,9-11,13,17H,7-8H2,1H3,(H,20,21). The molecule has 0 heterocycles.